The van der Waals surface area contributed by atoms with Crippen LogP contribution in [0.25, 0.3) is 0 Å². The van der Waals surface area contributed by atoms with Gasteiger partial charge in [-0.05, 0) is 12.5 Å². The van der Waals surface area contributed by atoms with Gasteiger partial charge in [0.15, 0.2) is 5.78 Å². The molecule has 12 heavy (non-hydrogen) atoms. The Kier molecular flexibility index (Phi) is 5.86. The lowest BCUT2D eigenvalue weighted by molar-refractivity contribution is -0.839. The van der Waals surface area contributed by atoms with Gasteiger partial charge in [0.1, 0.15) is 0 Å². The van der Waals surface area contributed by atoms with E-state index in [9.17, 15) is 10.0 Å². The van der Waals surface area contributed by atoms with E-state index < -0.39 is 4.65 Å². The van der Waals surface area contributed by atoms with Crippen molar-refractivity contribution >= 4 is 5.78 Å². The third-order valence-electron chi connectivity index (χ3n) is 1.35. The number of Topliss-reactive ketones (excluding diaryl/α,β-unsaturated/α-hetero) is 1. The second-order valence-corrected chi connectivity index (χ2v) is 3.25. The maximum absolute atomic E-state index is 11.0. The normalized spacial score (nSPS) is 10.3. The second-order valence-electron chi connectivity index (χ2n) is 3.25. The monoisotopic (exact) mass is 173 g/mol. The number of carbonyl (C=O) groups is 1. The number of quaternary nitrogens is 1. The van der Waals surface area contributed by atoms with Crippen molar-refractivity contribution in [3.63, 3.8) is 0 Å². The third-order valence-corrected chi connectivity index (χ3v) is 1.35. The van der Waals surface area contributed by atoms with Gasteiger partial charge in [0, 0.05) is 0 Å². The summed E-state index contributed by atoms with van der Waals surface area (Å²) in [5.74, 6) is -0.0212. The van der Waals surface area contributed by atoms with Crippen molar-refractivity contribution in [3.05, 3.63) is 17.4 Å². The van der Waals surface area contributed by atoms with Gasteiger partial charge in [-0.25, -0.2) is 0 Å². The lowest BCUT2D eigenvalue weighted by Gasteiger charge is -2.33. The molecule has 0 aromatic rings. The standard InChI is InChI=1S/C8H15NO2.CH4/c1-7(2)8(10)5-6-9(3,4)11;/h1,5-6H2,2-4H3;1H4. The number of hydrogen-bond acceptors (Lipinski definition) is 2. The summed E-state index contributed by atoms with van der Waals surface area (Å²) >= 11 is 0. The summed E-state index contributed by atoms with van der Waals surface area (Å²) in [6.45, 7) is 5.48. The molecule has 3 nitrogen and oxygen atoms in total. The molecule has 0 unspecified atom stereocenters. The van der Waals surface area contributed by atoms with Crippen LogP contribution < -0.4 is 0 Å². The van der Waals surface area contributed by atoms with Crippen molar-refractivity contribution in [1.29, 1.82) is 0 Å². The SMILES string of the molecule is C.C=C(C)C(=O)CC[N+](C)(C)[O-]. The van der Waals surface area contributed by atoms with Crippen molar-refractivity contribution in [2.24, 2.45) is 0 Å². The van der Waals surface area contributed by atoms with E-state index in [0.717, 1.165) is 0 Å². The molecule has 0 aliphatic heterocycles. The zero-order valence-electron chi connectivity index (χ0n) is 7.39. The molecule has 0 aromatic carbocycles. The number of nitrogens with zero attached hydrogens (tertiary/aromatic N) is 1. The zero-order valence-corrected chi connectivity index (χ0v) is 7.39. The third kappa shape index (κ3) is 7.44. The van der Waals surface area contributed by atoms with Crippen LogP contribution in [-0.4, -0.2) is 31.1 Å². The van der Waals surface area contributed by atoms with Crippen LogP contribution in [0.5, 0.6) is 0 Å². The Morgan fingerprint density at radius 2 is 1.92 bits per heavy atom. The molecule has 0 aromatic heterocycles. The van der Waals surface area contributed by atoms with Crippen LogP contribution in [0, 0.1) is 5.21 Å². The number of ketones is 1. The van der Waals surface area contributed by atoms with Gasteiger partial charge in [-0.1, -0.05) is 14.0 Å². The average Bonchev–Trinajstić information content (AvgIpc) is 1.80. The average molecular weight is 173 g/mol. The zero-order chi connectivity index (χ0) is 9.07. The van der Waals surface area contributed by atoms with Gasteiger partial charge < -0.3 is 9.85 Å². The molecule has 0 N–H and O–H groups in total. The molecule has 0 aliphatic rings. The lowest BCUT2D eigenvalue weighted by atomic mass is 10.1. The maximum atomic E-state index is 11.0. The minimum Gasteiger partial charge on any atom is -0.633 e. The molecule has 0 bridgehead atoms. The van der Waals surface area contributed by atoms with Gasteiger partial charge in [-0.2, -0.15) is 0 Å². The van der Waals surface area contributed by atoms with Gasteiger partial charge in [-0.3, -0.25) is 4.79 Å². The Morgan fingerprint density at radius 3 is 2.17 bits per heavy atom. The molecule has 0 rings (SSSR count). The molecule has 0 aliphatic carbocycles. The molecule has 0 radical (unpaired) electrons. The molecule has 0 amide bonds. The largest absolute Gasteiger partial charge is 0.633 e. The van der Waals surface area contributed by atoms with Gasteiger partial charge in [0.05, 0.1) is 27.1 Å². The Hall–Kier alpha value is -0.670. The van der Waals surface area contributed by atoms with E-state index in [1.165, 1.54) is 14.1 Å². The van der Waals surface area contributed by atoms with Crippen molar-refractivity contribution in [2.45, 2.75) is 20.8 Å². The quantitative estimate of drug-likeness (QED) is 0.369. The molecule has 0 fully saturated rings. The molecular formula is C9H19NO2. The van der Waals surface area contributed by atoms with Crippen molar-refractivity contribution in [3.8, 4) is 0 Å². The molecule has 0 saturated heterocycles. The van der Waals surface area contributed by atoms with E-state index in [2.05, 4.69) is 6.58 Å². The first-order valence-corrected chi connectivity index (χ1v) is 3.55. The highest BCUT2D eigenvalue weighted by Gasteiger charge is 2.07. The van der Waals surface area contributed by atoms with Crippen LogP contribution in [0.4, 0.5) is 0 Å². The van der Waals surface area contributed by atoms with Gasteiger partial charge >= 0.3 is 0 Å². The number of carbonyl (C=O) groups excluding carboxylic acids is 1. The first-order chi connectivity index (χ1) is 4.83. The molecular weight excluding hydrogens is 154 g/mol. The number of allylic oxidation sites excluding steroid dienone is 1. The summed E-state index contributed by atoms with van der Waals surface area (Å²) in [5.41, 5.74) is 0.526. The molecule has 0 heterocycles. The topological polar surface area (TPSA) is 40.1 Å². The van der Waals surface area contributed by atoms with E-state index in [-0.39, 0.29) is 13.2 Å². The summed E-state index contributed by atoms with van der Waals surface area (Å²) in [6, 6.07) is 0. The van der Waals surface area contributed by atoms with Crippen LogP contribution in [0.15, 0.2) is 12.2 Å². The molecule has 0 saturated carbocycles. The van der Waals surface area contributed by atoms with Crippen LogP contribution in [-0.2, 0) is 4.79 Å². The van der Waals surface area contributed by atoms with Gasteiger partial charge in [0.2, 0.25) is 0 Å². The summed E-state index contributed by atoms with van der Waals surface area (Å²) < 4.78 is -0.418. The summed E-state index contributed by atoms with van der Waals surface area (Å²) in [5, 5.41) is 11.0. The Bertz CT molecular complexity index is 168. The predicted octanol–water partition coefficient (Wildman–Crippen LogP) is 1.73. The number of rotatable bonds is 4. The fraction of sp³-hybridized carbons (Fsp3) is 0.667. The summed E-state index contributed by atoms with van der Waals surface area (Å²) in [6.07, 6.45) is 0.297. The van der Waals surface area contributed by atoms with E-state index in [1.807, 2.05) is 0 Å². The highest BCUT2D eigenvalue weighted by atomic mass is 16.5. The van der Waals surface area contributed by atoms with E-state index in [0.29, 0.717) is 18.5 Å². The van der Waals surface area contributed by atoms with Crippen LogP contribution in [0.1, 0.15) is 20.8 Å². The second kappa shape index (κ2) is 5.06. The predicted molar refractivity (Wildman–Crippen MR) is 51.5 cm³/mol. The Balaban J connectivity index is 0. The fourth-order valence-corrected chi connectivity index (χ4v) is 0.584. The first-order valence-electron chi connectivity index (χ1n) is 3.55. The lowest BCUT2D eigenvalue weighted by Crippen LogP contribution is -2.34. The minimum atomic E-state index is -0.418. The number of hydrogen-bond donors (Lipinski definition) is 0. The first kappa shape index (κ1) is 13.9. The van der Waals surface area contributed by atoms with Crippen LogP contribution in [0.2, 0.25) is 0 Å². The highest BCUT2D eigenvalue weighted by Crippen LogP contribution is 2.00. The van der Waals surface area contributed by atoms with Crippen LogP contribution in [0.3, 0.4) is 0 Å². The van der Waals surface area contributed by atoms with Gasteiger partial charge in [0.25, 0.3) is 0 Å². The summed E-state index contributed by atoms with van der Waals surface area (Å²) in [7, 11) is 3.04. The van der Waals surface area contributed by atoms with E-state index in [1.54, 1.807) is 6.92 Å². The van der Waals surface area contributed by atoms with Crippen molar-refractivity contribution in [2.75, 3.05) is 20.6 Å². The van der Waals surface area contributed by atoms with Crippen molar-refractivity contribution in [1.82, 2.24) is 0 Å². The molecule has 0 atom stereocenters. The van der Waals surface area contributed by atoms with Crippen molar-refractivity contribution < 1.29 is 9.44 Å². The molecule has 72 valence electrons. The van der Waals surface area contributed by atoms with E-state index in [4.69, 9.17) is 0 Å². The van der Waals surface area contributed by atoms with Gasteiger partial charge in [-0.15, -0.1) is 0 Å². The molecule has 0 spiro atoms. The Labute approximate surface area is 74.9 Å². The number of hydroxylamine groups is 3. The maximum Gasteiger partial charge on any atom is 0.163 e. The van der Waals surface area contributed by atoms with E-state index >= 15 is 0 Å². The molecule has 3 heteroatoms. The Morgan fingerprint density at radius 1 is 1.50 bits per heavy atom. The fourth-order valence-electron chi connectivity index (χ4n) is 0.584. The highest BCUT2D eigenvalue weighted by molar-refractivity contribution is 5.94. The van der Waals surface area contributed by atoms with Crippen LogP contribution >= 0.6 is 0 Å². The summed E-state index contributed by atoms with van der Waals surface area (Å²) in [4.78, 5) is 10.9. The smallest absolute Gasteiger partial charge is 0.163 e. The minimum absolute atomic E-state index is 0.